The van der Waals surface area contributed by atoms with E-state index in [9.17, 15) is 5.11 Å². The lowest BCUT2D eigenvalue weighted by molar-refractivity contribution is 0.273. The van der Waals surface area contributed by atoms with Gasteiger partial charge in [-0.25, -0.2) is 9.97 Å². The molecule has 10 nitrogen and oxygen atoms in total. The van der Waals surface area contributed by atoms with E-state index in [1.807, 2.05) is 47.6 Å². The van der Waals surface area contributed by atoms with Crippen LogP contribution in [0.25, 0.3) is 28.0 Å². The van der Waals surface area contributed by atoms with Gasteiger partial charge in [-0.3, -0.25) is 4.57 Å². The van der Waals surface area contributed by atoms with Gasteiger partial charge in [0.25, 0.3) is 0 Å². The number of hydrogen-bond donors (Lipinski definition) is 1. The van der Waals surface area contributed by atoms with Crippen molar-refractivity contribution in [2.75, 3.05) is 42.6 Å². The summed E-state index contributed by atoms with van der Waals surface area (Å²) < 4.78 is 10.6. The zero-order valence-corrected chi connectivity index (χ0v) is 25.4. The molecule has 11 heteroatoms. The second-order valence-corrected chi connectivity index (χ2v) is 17.0. The SMILES string of the molecule is CC(C)(C)[Si](C)(C)OCCn1cnc2c(-n3cnc4ccccc43)nc(N3CCN(c4ccc(O)cc4)CC3)nc21. The van der Waals surface area contributed by atoms with Crippen molar-refractivity contribution in [3.63, 3.8) is 0 Å². The first-order valence-corrected chi connectivity index (χ1v) is 17.1. The molecule has 0 radical (unpaired) electrons. The van der Waals surface area contributed by atoms with E-state index in [2.05, 4.69) is 59.3 Å². The molecule has 1 aliphatic heterocycles. The number of nitrogens with zero attached hydrogens (tertiary/aromatic N) is 8. The van der Waals surface area contributed by atoms with Crippen LogP contribution in [0.2, 0.25) is 18.1 Å². The summed E-state index contributed by atoms with van der Waals surface area (Å²) in [5, 5.41) is 9.82. The Kier molecular flexibility index (Phi) is 6.94. The molecule has 3 aromatic heterocycles. The van der Waals surface area contributed by atoms with Crippen LogP contribution in [0.4, 0.5) is 11.6 Å². The smallest absolute Gasteiger partial charge is 0.229 e. The number of para-hydroxylation sites is 2. The van der Waals surface area contributed by atoms with Crippen molar-refractivity contribution in [2.45, 2.75) is 45.4 Å². The predicted molar refractivity (Wildman–Crippen MR) is 166 cm³/mol. The van der Waals surface area contributed by atoms with E-state index in [0.29, 0.717) is 19.1 Å². The zero-order chi connectivity index (χ0) is 28.8. The molecule has 1 aliphatic rings. The summed E-state index contributed by atoms with van der Waals surface area (Å²) in [6, 6.07) is 15.4. The molecule has 214 valence electrons. The number of fused-ring (bicyclic) bond motifs is 2. The molecule has 1 fully saturated rings. The highest BCUT2D eigenvalue weighted by Crippen LogP contribution is 2.36. The largest absolute Gasteiger partial charge is 0.508 e. The van der Waals surface area contributed by atoms with Gasteiger partial charge in [0.2, 0.25) is 5.95 Å². The summed E-state index contributed by atoms with van der Waals surface area (Å²) in [6.07, 6.45) is 3.67. The molecular weight excluding hydrogens is 532 g/mol. The maximum absolute atomic E-state index is 9.67. The Balaban J connectivity index is 1.33. The predicted octanol–water partition coefficient (Wildman–Crippen LogP) is 5.22. The van der Waals surface area contributed by atoms with Crippen molar-refractivity contribution in [3.05, 3.63) is 61.2 Å². The summed E-state index contributed by atoms with van der Waals surface area (Å²) >= 11 is 0. The third-order valence-corrected chi connectivity index (χ3v) is 13.0. The van der Waals surface area contributed by atoms with Gasteiger partial charge in [-0.2, -0.15) is 9.97 Å². The quantitative estimate of drug-likeness (QED) is 0.266. The van der Waals surface area contributed by atoms with E-state index in [0.717, 1.165) is 59.9 Å². The number of rotatable bonds is 7. The molecule has 0 spiro atoms. The molecule has 0 unspecified atom stereocenters. The van der Waals surface area contributed by atoms with Crippen LogP contribution in [-0.4, -0.2) is 75.3 Å². The molecule has 0 aliphatic carbocycles. The molecule has 2 aromatic carbocycles. The van der Waals surface area contributed by atoms with Crippen LogP contribution in [0.5, 0.6) is 5.75 Å². The summed E-state index contributed by atoms with van der Waals surface area (Å²) in [7, 11) is -1.87. The van der Waals surface area contributed by atoms with Crippen molar-refractivity contribution in [3.8, 4) is 11.6 Å². The Morgan fingerprint density at radius 3 is 2.32 bits per heavy atom. The molecule has 5 aromatic rings. The Morgan fingerprint density at radius 1 is 0.878 bits per heavy atom. The number of benzene rings is 2. The van der Waals surface area contributed by atoms with E-state index < -0.39 is 8.32 Å². The first-order valence-electron chi connectivity index (χ1n) is 14.2. The summed E-state index contributed by atoms with van der Waals surface area (Å²) in [6.45, 7) is 15.8. The van der Waals surface area contributed by atoms with Gasteiger partial charge in [0.15, 0.2) is 25.3 Å². The highest BCUT2D eigenvalue weighted by molar-refractivity contribution is 6.74. The van der Waals surface area contributed by atoms with Crippen molar-refractivity contribution < 1.29 is 9.53 Å². The van der Waals surface area contributed by atoms with Crippen molar-refractivity contribution in [1.29, 1.82) is 0 Å². The highest BCUT2D eigenvalue weighted by atomic mass is 28.4. The topological polar surface area (TPSA) is 97.4 Å². The van der Waals surface area contributed by atoms with Gasteiger partial charge in [-0.1, -0.05) is 32.9 Å². The van der Waals surface area contributed by atoms with E-state index in [-0.39, 0.29) is 10.8 Å². The molecular formula is C30H38N8O2Si. The maximum atomic E-state index is 9.67. The number of hydrogen-bond acceptors (Lipinski definition) is 8. The number of anilines is 2. The molecule has 41 heavy (non-hydrogen) atoms. The molecule has 0 amide bonds. The fourth-order valence-electron chi connectivity index (χ4n) is 4.96. The van der Waals surface area contributed by atoms with Crippen molar-refractivity contribution in [2.24, 2.45) is 0 Å². The molecule has 0 saturated carbocycles. The fourth-order valence-corrected chi connectivity index (χ4v) is 6.00. The minimum Gasteiger partial charge on any atom is -0.508 e. The van der Waals surface area contributed by atoms with Crippen LogP contribution in [0.15, 0.2) is 61.2 Å². The van der Waals surface area contributed by atoms with Crippen LogP contribution < -0.4 is 9.80 Å². The van der Waals surface area contributed by atoms with E-state index in [1.165, 1.54) is 0 Å². The number of phenolic OH excluding ortho intramolecular Hbond substituents is 1. The summed E-state index contributed by atoms with van der Waals surface area (Å²) in [5.74, 6) is 1.69. The first-order chi connectivity index (χ1) is 19.6. The number of piperazine rings is 1. The van der Waals surface area contributed by atoms with E-state index in [1.54, 1.807) is 12.1 Å². The number of aromatic hydroxyl groups is 1. The lowest BCUT2D eigenvalue weighted by Crippen LogP contribution is -2.47. The molecule has 6 rings (SSSR count). The third-order valence-electron chi connectivity index (χ3n) is 8.49. The number of aromatic nitrogens is 6. The van der Waals surface area contributed by atoms with E-state index >= 15 is 0 Å². The van der Waals surface area contributed by atoms with Gasteiger partial charge in [0.05, 0.1) is 24.0 Å². The van der Waals surface area contributed by atoms with Crippen LogP contribution in [-0.2, 0) is 11.0 Å². The second kappa shape index (κ2) is 10.5. The lowest BCUT2D eigenvalue weighted by Gasteiger charge is -2.36. The average molecular weight is 571 g/mol. The highest BCUT2D eigenvalue weighted by Gasteiger charge is 2.37. The van der Waals surface area contributed by atoms with Gasteiger partial charge in [0, 0.05) is 38.4 Å². The van der Waals surface area contributed by atoms with Crippen LogP contribution in [0.3, 0.4) is 0 Å². The zero-order valence-electron chi connectivity index (χ0n) is 24.4. The molecule has 0 bridgehead atoms. The minimum absolute atomic E-state index is 0.150. The molecule has 1 saturated heterocycles. The second-order valence-electron chi connectivity index (χ2n) is 12.2. The standard InChI is InChI=1S/C30H38N8O2Si/c1-30(2,3)41(4,5)40-19-18-37-20-32-26-27(37)33-29(34-28(26)38-21-31-24-8-6-7-9-25(24)38)36-16-14-35(15-17-36)22-10-12-23(39)13-11-22/h6-13,20-21,39H,14-19H2,1-5H3. The number of phenols is 1. The summed E-state index contributed by atoms with van der Waals surface area (Å²) in [4.78, 5) is 24.1. The van der Waals surface area contributed by atoms with Gasteiger partial charge >= 0.3 is 0 Å². The van der Waals surface area contributed by atoms with Gasteiger partial charge in [0.1, 0.15) is 12.1 Å². The van der Waals surface area contributed by atoms with Crippen molar-refractivity contribution >= 4 is 42.2 Å². The Morgan fingerprint density at radius 2 is 1.59 bits per heavy atom. The molecule has 4 heterocycles. The Labute approximate surface area is 241 Å². The number of imidazole rings is 2. The third kappa shape index (κ3) is 5.27. The summed E-state index contributed by atoms with van der Waals surface area (Å²) in [5.41, 5.74) is 4.52. The minimum atomic E-state index is -1.87. The first kappa shape index (κ1) is 27.2. The fraction of sp³-hybridized carbons (Fsp3) is 0.400. The van der Waals surface area contributed by atoms with Gasteiger partial charge < -0.3 is 23.9 Å². The monoisotopic (exact) mass is 570 g/mol. The normalized spacial score (nSPS) is 14.9. The van der Waals surface area contributed by atoms with Crippen molar-refractivity contribution in [1.82, 2.24) is 29.1 Å². The molecule has 0 atom stereocenters. The lowest BCUT2D eigenvalue weighted by atomic mass is 10.2. The van der Waals surface area contributed by atoms with Crippen LogP contribution in [0, 0.1) is 0 Å². The maximum Gasteiger partial charge on any atom is 0.229 e. The molecule has 1 N–H and O–H groups in total. The van der Waals surface area contributed by atoms with Crippen LogP contribution >= 0.6 is 0 Å². The van der Waals surface area contributed by atoms with Gasteiger partial charge in [-0.05, 0) is 54.5 Å². The van der Waals surface area contributed by atoms with Gasteiger partial charge in [-0.15, -0.1) is 0 Å². The Hall–Kier alpha value is -3.96. The Bertz CT molecular complexity index is 1660. The average Bonchev–Trinajstić information content (AvgIpc) is 3.57. The van der Waals surface area contributed by atoms with Crippen LogP contribution in [0.1, 0.15) is 20.8 Å². The van der Waals surface area contributed by atoms with E-state index in [4.69, 9.17) is 19.4 Å².